The van der Waals surface area contributed by atoms with Gasteiger partial charge in [0.15, 0.2) is 10.8 Å². The summed E-state index contributed by atoms with van der Waals surface area (Å²) < 4.78 is 0. The summed E-state index contributed by atoms with van der Waals surface area (Å²) in [4.78, 5) is 39.6. The third kappa shape index (κ3) is 10.6. The molecule has 0 saturated carbocycles. The quantitative estimate of drug-likeness (QED) is 0.0558. The van der Waals surface area contributed by atoms with Crippen molar-refractivity contribution in [2.45, 2.75) is 45.5 Å². The highest BCUT2D eigenvalue weighted by Crippen LogP contribution is 2.17. The van der Waals surface area contributed by atoms with Gasteiger partial charge in [-0.2, -0.15) is 0 Å². The van der Waals surface area contributed by atoms with Crippen molar-refractivity contribution < 1.29 is 24.7 Å². The summed E-state index contributed by atoms with van der Waals surface area (Å²) in [7, 11) is -1.73. The van der Waals surface area contributed by atoms with Crippen LogP contribution in [0.1, 0.15) is 49.9 Å². The topological polar surface area (TPSA) is 180 Å². The second-order valence-electron chi connectivity index (χ2n) is 7.63. The molecular formula is C19H30BN5O6. The first-order chi connectivity index (χ1) is 14.6. The first kappa shape index (κ1) is 26.1. The maximum Gasteiger partial charge on any atom is 0.475 e. The monoisotopic (exact) mass is 435 g/mol. The molecular weight excluding hydrogens is 405 g/mol. The molecule has 0 heterocycles. The van der Waals surface area contributed by atoms with E-state index in [9.17, 15) is 29.8 Å². The number of hydrazine groups is 1. The maximum absolute atomic E-state index is 12.8. The maximum atomic E-state index is 12.8. The minimum absolute atomic E-state index is 0.0713. The average molecular weight is 435 g/mol. The van der Waals surface area contributed by atoms with E-state index in [2.05, 4.69) is 10.3 Å². The number of carbonyl (C=O) groups is 2. The van der Waals surface area contributed by atoms with Crippen molar-refractivity contribution in [3.8, 4) is 0 Å². The number of benzene rings is 1. The van der Waals surface area contributed by atoms with Gasteiger partial charge in [-0.1, -0.05) is 49.6 Å². The lowest BCUT2D eigenvalue weighted by Gasteiger charge is -2.23. The number of hydrogen-bond acceptors (Lipinski definition) is 7. The fourth-order valence-electron chi connectivity index (χ4n) is 3.02. The molecule has 170 valence electrons. The molecule has 1 amide bonds. The van der Waals surface area contributed by atoms with E-state index in [-0.39, 0.29) is 37.0 Å². The van der Waals surface area contributed by atoms with Crippen LogP contribution in [0.15, 0.2) is 35.3 Å². The number of hydrogen-bond donors (Lipinski definition) is 5. The third-order valence-corrected chi connectivity index (χ3v) is 4.51. The predicted molar refractivity (Wildman–Crippen MR) is 116 cm³/mol. The van der Waals surface area contributed by atoms with E-state index in [1.165, 1.54) is 0 Å². The van der Waals surface area contributed by atoms with Gasteiger partial charge < -0.3 is 21.1 Å². The molecule has 6 N–H and O–H groups in total. The highest BCUT2D eigenvalue weighted by Gasteiger charge is 2.30. The highest BCUT2D eigenvalue weighted by molar-refractivity contribution is 6.43. The summed E-state index contributed by atoms with van der Waals surface area (Å²) in [5, 5.41) is 31.3. The van der Waals surface area contributed by atoms with Crippen LogP contribution in [0, 0.1) is 22.0 Å². The van der Waals surface area contributed by atoms with Crippen LogP contribution in [0.5, 0.6) is 0 Å². The molecule has 31 heavy (non-hydrogen) atoms. The average Bonchev–Trinajstić information content (AvgIpc) is 2.69. The number of nitrogens with zero attached hydrogens (tertiary/aromatic N) is 2. The Morgan fingerprint density at radius 2 is 1.90 bits per heavy atom. The SMILES string of the molecule is CC(C)C[C@H](NC(=O)[C@H](CCCN=C(N)N[N+](=O)[O-])CC(=O)c1ccccc1)B(O)O. The molecule has 0 spiro atoms. The van der Waals surface area contributed by atoms with Crippen LogP contribution in [0.3, 0.4) is 0 Å². The Bertz CT molecular complexity index is 759. The Morgan fingerprint density at radius 1 is 1.26 bits per heavy atom. The molecule has 0 aliphatic heterocycles. The van der Waals surface area contributed by atoms with Crippen molar-refractivity contribution >= 4 is 24.8 Å². The van der Waals surface area contributed by atoms with E-state index in [0.29, 0.717) is 18.4 Å². The predicted octanol–water partition coefficient (Wildman–Crippen LogP) is 0.295. The van der Waals surface area contributed by atoms with E-state index >= 15 is 0 Å². The summed E-state index contributed by atoms with van der Waals surface area (Å²) in [5.74, 6) is -2.53. The second kappa shape index (κ2) is 13.3. The fourth-order valence-corrected chi connectivity index (χ4v) is 3.02. The number of ketones is 1. The number of amides is 1. The molecule has 11 nitrogen and oxygen atoms in total. The lowest BCUT2D eigenvalue weighted by Crippen LogP contribution is -2.49. The second-order valence-corrected chi connectivity index (χ2v) is 7.63. The summed E-state index contributed by atoms with van der Waals surface area (Å²) in [6.07, 6.45) is 0.889. The van der Waals surface area contributed by atoms with Gasteiger partial charge in [-0.15, -0.1) is 0 Å². The molecule has 0 aliphatic carbocycles. The number of nitro groups is 1. The number of aliphatic imine (C=N–C) groups is 1. The lowest BCUT2D eigenvalue weighted by atomic mass is 9.74. The van der Waals surface area contributed by atoms with E-state index in [1.54, 1.807) is 35.8 Å². The number of nitrogens with one attached hydrogen (secondary N) is 2. The van der Waals surface area contributed by atoms with Crippen molar-refractivity contribution in [2.75, 3.05) is 6.54 Å². The molecule has 2 atom stereocenters. The Balaban J connectivity index is 2.84. The summed E-state index contributed by atoms with van der Waals surface area (Å²) in [6.45, 7) is 3.90. The number of rotatable bonds is 13. The Morgan fingerprint density at radius 3 is 2.45 bits per heavy atom. The molecule has 1 rings (SSSR count). The van der Waals surface area contributed by atoms with Crippen LogP contribution >= 0.6 is 0 Å². The van der Waals surface area contributed by atoms with Gasteiger partial charge in [0.1, 0.15) is 0 Å². The van der Waals surface area contributed by atoms with Crippen molar-refractivity contribution in [1.82, 2.24) is 10.7 Å². The number of Topliss-reactive ketones (excluding diaryl/α,β-unsaturated/α-hetero) is 1. The van der Waals surface area contributed by atoms with Crippen LogP contribution in [-0.4, -0.2) is 52.3 Å². The largest absolute Gasteiger partial charge is 0.475 e. The normalized spacial score (nSPS) is 13.4. The molecule has 0 unspecified atom stereocenters. The summed E-state index contributed by atoms with van der Waals surface area (Å²) in [5.41, 5.74) is 7.56. The Labute approximate surface area is 181 Å². The van der Waals surface area contributed by atoms with Gasteiger partial charge in [-0.05, 0) is 25.2 Å². The third-order valence-electron chi connectivity index (χ3n) is 4.51. The molecule has 0 saturated heterocycles. The van der Waals surface area contributed by atoms with E-state index in [0.717, 1.165) is 0 Å². The van der Waals surface area contributed by atoms with Gasteiger partial charge in [0.25, 0.3) is 5.96 Å². The first-order valence-corrected chi connectivity index (χ1v) is 10.1. The molecule has 0 radical (unpaired) electrons. The van der Waals surface area contributed by atoms with E-state index in [4.69, 9.17) is 5.73 Å². The van der Waals surface area contributed by atoms with E-state index in [1.807, 2.05) is 13.8 Å². The van der Waals surface area contributed by atoms with Crippen LogP contribution in [-0.2, 0) is 4.79 Å². The number of carbonyl (C=O) groups excluding carboxylic acids is 2. The lowest BCUT2D eigenvalue weighted by molar-refractivity contribution is -0.525. The van der Waals surface area contributed by atoms with Gasteiger partial charge >= 0.3 is 7.12 Å². The van der Waals surface area contributed by atoms with Gasteiger partial charge in [0.2, 0.25) is 5.91 Å². The Kier molecular flexibility index (Phi) is 11.2. The van der Waals surface area contributed by atoms with Crippen LogP contribution in [0.25, 0.3) is 0 Å². The van der Waals surface area contributed by atoms with Gasteiger partial charge in [0.05, 0.1) is 5.94 Å². The molecule has 0 fully saturated rings. The molecule has 1 aromatic carbocycles. The van der Waals surface area contributed by atoms with Crippen LogP contribution in [0.4, 0.5) is 0 Å². The Hall–Kier alpha value is -2.99. The summed E-state index contributed by atoms with van der Waals surface area (Å²) >= 11 is 0. The molecule has 1 aromatic rings. The van der Waals surface area contributed by atoms with Gasteiger partial charge in [0, 0.05) is 24.4 Å². The zero-order valence-corrected chi connectivity index (χ0v) is 17.7. The minimum Gasteiger partial charge on any atom is -0.426 e. The minimum atomic E-state index is -1.73. The molecule has 0 aliphatic rings. The van der Waals surface area contributed by atoms with Crippen LogP contribution in [0.2, 0.25) is 0 Å². The smallest absolute Gasteiger partial charge is 0.426 e. The fraction of sp³-hybridized carbons (Fsp3) is 0.526. The standard InChI is InChI=1S/C19H30BN5O6/c1-13(2)11-17(20(28)29)23-18(27)15(9-6-10-22-19(21)24-25(30)31)12-16(26)14-7-4-3-5-8-14/h3-5,7-8,13,15,17,28-29H,6,9-12H2,1-2H3,(H,23,27)(H3,21,22,24)/t15-,17+/m1/s1. The number of nitrogens with two attached hydrogens (primary N) is 1. The van der Waals surface area contributed by atoms with Gasteiger partial charge in [-0.3, -0.25) is 9.59 Å². The zero-order chi connectivity index (χ0) is 23.4. The molecule has 0 aromatic heterocycles. The summed E-state index contributed by atoms with van der Waals surface area (Å²) in [6, 6.07) is 8.54. The van der Waals surface area contributed by atoms with Gasteiger partial charge in [-0.25, -0.2) is 15.1 Å². The number of guanidine groups is 1. The van der Waals surface area contributed by atoms with Crippen molar-refractivity contribution in [3.05, 3.63) is 46.0 Å². The van der Waals surface area contributed by atoms with Crippen molar-refractivity contribution in [3.63, 3.8) is 0 Å². The molecule has 0 bridgehead atoms. The first-order valence-electron chi connectivity index (χ1n) is 10.1. The highest BCUT2D eigenvalue weighted by atomic mass is 16.7. The van der Waals surface area contributed by atoms with E-state index < -0.39 is 29.9 Å². The van der Waals surface area contributed by atoms with Crippen molar-refractivity contribution in [1.29, 1.82) is 0 Å². The molecule has 12 heteroatoms. The zero-order valence-electron chi connectivity index (χ0n) is 17.7. The van der Waals surface area contributed by atoms with Crippen LogP contribution < -0.4 is 16.5 Å². The van der Waals surface area contributed by atoms with Crippen molar-refractivity contribution in [2.24, 2.45) is 22.6 Å².